The lowest BCUT2D eigenvalue weighted by Crippen LogP contribution is -2.48. The van der Waals surface area contributed by atoms with E-state index < -0.39 is 0 Å². The minimum Gasteiger partial charge on any atom is -0.492 e. The largest absolute Gasteiger partial charge is 0.492 e. The standard InChI is InChI=1S/C17H27N3O2.ClH/c1-14-5-3-7-16(11-14)22-10-8-19-17(21)13-20-9-4-6-15(12-20)18-2;/h3,5,7,11,15,18H,4,6,8-10,12-13H2,1-2H3,(H,19,21);1H. The minimum absolute atomic E-state index is 0. The Morgan fingerprint density at radius 2 is 2.26 bits per heavy atom. The van der Waals surface area contributed by atoms with Crippen LogP contribution in [0.4, 0.5) is 0 Å². The first-order valence-corrected chi connectivity index (χ1v) is 8.03. The summed E-state index contributed by atoms with van der Waals surface area (Å²) in [4.78, 5) is 14.2. The van der Waals surface area contributed by atoms with Crippen LogP contribution < -0.4 is 15.4 Å². The van der Waals surface area contributed by atoms with Crippen LogP contribution in [-0.2, 0) is 4.79 Å². The van der Waals surface area contributed by atoms with Gasteiger partial charge < -0.3 is 15.4 Å². The van der Waals surface area contributed by atoms with Crippen molar-refractivity contribution in [3.05, 3.63) is 29.8 Å². The summed E-state index contributed by atoms with van der Waals surface area (Å²) >= 11 is 0. The van der Waals surface area contributed by atoms with Gasteiger partial charge in [-0.3, -0.25) is 9.69 Å². The van der Waals surface area contributed by atoms with Gasteiger partial charge in [-0.05, 0) is 51.1 Å². The lowest BCUT2D eigenvalue weighted by Gasteiger charge is -2.31. The molecule has 5 nitrogen and oxygen atoms in total. The van der Waals surface area contributed by atoms with Crippen LogP contribution in [0.2, 0.25) is 0 Å². The van der Waals surface area contributed by atoms with Gasteiger partial charge in [0.2, 0.25) is 5.91 Å². The van der Waals surface area contributed by atoms with Gasteiger partial charge in [0.25, 0.3) is 0 Å². The molecule has 130 valence electrons. The Balaban J connectivity index is 0.00000264. The number of carbonyl (C=O) groups is 1. The second kappa shape index (κ2) is 10.5. The number of rotatable bonds is 7. The molecule has 1 heterocycles. The van der Waals surface area contributed by atoms with Gasteiger partial charge in [0.1, 0.15) is 12.4 Å². The van der Waals surface area contributed by atoms with Crippen LogP contribution in [-0.4, -0.2) is 56.7 Å². The van der Waals surface area contributed by atoms with Gasteiger partial charge in [-0.25, -0.2) is 0 Å². The average Bonchev–Trinajstić information content (AvgIpc) is 2.52. The molecule has 0 aliphatic carbocycles. The van der Waals surface area contributed by atoms with Gasteiger partial charge in [0.15, 0.2) is 0 Å². The zero-order valence-corrected chi connectivity index (χ0v) is 14.8. The fourth-order valence-electron chi connectivity index (χ4n) is 2.76. The van der Waals surface area contributed by atoms with Crippen molar-refractivity contribution in [3.8, 4) is 5.75 Å². The molecule has 1 amide bonds. The van der Waals surface area contributed by atoms with Crippen molar-refractivity contribution in [1.82, 2.24) is 15.5 Å². The fourth-order valence-corrected chi connectivity index (χ4v) is 2.76. The summed E-state index contributed by atoms with van der Waals surface area (Å²) in [5.74, 6) is 0.923. The van der Waals surface area contributed by atoms with Crippen LogP contribution in [0.5, 0.6) is 5.75 Å². The zero-order chi connectivity index (χ0) is 15.8. The third kappa shape index (κ3) is 7.20. The highest BCUT2D eigenvalue weighted by molar-refractivity contribution is 5.85. The molecule has 1 unspecified atom stereocenters. The summed E-state index contributed by atoms with van der Waals surface area (Å²) in [6.07, 6.45) is 2.34. The number of aryl methyl sites for hydroxylation is 1. The summed E-state index contributed by atoms with van der Waals surface area (Å²) in [5, 5.41) is 6.21. The summed E-state index contributed by atoms with van der Waals surface area (Å²) < 4.78 is 5.62. The number of benzene rings is 1. The highest BCUT2D eigenvalue weighted by Gasteiger charge is 2.19. The lowest BCUT2D eigenvalue weighted by atomic mass is 10.1. The molecule has 1 fully saturated rings. The van der Waals surface area contributed by atoms with E-state index >= 15 is 0 Å². The first-order chi connectivity index (χ1) is 10.7. The monoisotopic (exact) mass is 341 g/mol. The molecular weight excluding hydrogens is 314 g/mol. The van der Waals surface area contributed by atoms with E-state index in [0.29, 0.717) is 25.7 Å². The maximum Gasteiger partial charge on any atom is 0.234 e. The first kappa shape index (κ1) is 19.7. The second-order valence-electron chi connectivity index (χ2n) is 5.88. The van der Waals surface area contributed by atoms with Crippen molar-refractivity contribution in [3.63, 3.8) is 0 Å². The molecule has 23 heavy (non-hydrogen) atoms. The first-order valence-electron chi connectivity index (χ1n) is 8.03. The summed E-state index contributed by atoms with van der Waals surface area (Å²) in [6.45, 7) is 5.49. The van der Waals surface area contributed by atoms with Crippen molar-refractivity contribution in [2.24, 2.45) is 0 Å². The SMILES string of the molecule is CNC1CCCN(CC(=O)NCCOc2cccc(C)c2)C1.Cl. The van der Waals surface area contributed by atoms with Gasteiger partial charge in [-0.2, -0.15) is 0 Å². The van der Waals surface area contributed by atoms with E-state index in [-0.39, 0.29) is 18.3 Å². The number of hydrogen-bond acceptors (Lipinski definition) is 4. The molecule has 1 aliphatic heterocycles. The Hall–Kier alpha value is -1.30. The molecule has 0 radical (unpaired) electrons. The lowest BCUT2D eigenvalue weighted by molar-refractivity contribution is -0.122. The predicted molar refractivity (Wildman–Crippen MR) is 95.5 cm³/mol. The smallest absolute Gasteiger partial charge is 0.234 e. The molecule has 0 bridgehead atoms. The molecule has 0 aromatic heterocycles. The number of halogens is 1. The molecule has 1 atom stereocenters. The van der Waals surface area contributed by atoms with Crippen molar-refractivity contribution in [1.29, 1.82) is 0 Å². The van der Waals surface area contributed by atoms with Crippen LogP contribution in [0.3, 0.4) is 0 Å². The van der Waals surface area contributed by atoms with Crippen LogP contribution in [0.15, 0.2) is 24.3 Å². The molecule has 6 heteroatoms. The van der Waals surface area contributed by atoms with Gasteiger partial charge in [0.05, 0.1) is 13.1 Å². The molecular formula is C17H28ClN3O2. The molecule has 1 saturated heterocycles. The number of nitrogens with zero attached hydrogens (tertiary/aromatic N) is 1. The average molecular weight is 342 g/mol. The van der Waals surface area contributed by atoms with E-state index in [9.17, 15) is 4.79 Å². The number of carbonyl (C=O) groups excluding carboxylic acids is 1. The minimum atomic E-state index is 0. The zero-order valence-electron chi connectivity index (χ0n) is 14.0. The van der Waals surface area contributed by atoms with Crippen molar-refractivity contribution < 1.29 is 9.53 Å². The molecule has 0 saturated carbocycles. The fraction of sp³-hybridized carbons (Fsp3) is 0.588. The number of likely N-dealkylation sites (tertiary alicyclic amines) is 1. The van der Waals surface area contributed by atoms with E-state index in [1.54, 1.807) is 0 Å². The predicted octanol–water partition coefficient (Wildman–Crippen LogP) is 1.60. The summed E-state index contributed by atoms with van der Waals surface area (Å²) in [7, 11) is 1.98. The normalized spacial score (nSPS) is 18.1. The van der Waals surface area contributed by atoms with Crippen molar-refractivity contribution in [2.75, 3.05) is 39.8 Å². The van der Waals surface area contributed by atoms with Crippen molar-refractivity contribution >= 4 is 18.3 Å². The van der Waals surface area contributed by atoms with Gasteiger partial charge in [0, 0.05) is 12.6 Å². The van der Waals surface area contributed by atoms with Crippen LogP contribution >= 0.6 is 12.4 Å². The number of amides is 1. The summed E-state index contributed by atoms with van der Waals surface area (Å²) in [5.41, 5.74) is 1.17. The van der Waals surface area contributed by atoms with Gasteiger partial charge in [-0.15, -0.1) is 12.4 Å². The Kier molecular flexibility index (Phi) is 8.99. The molecule has 1 aromatic carbocycles. The maximum absolute atomic E-state index is 11.9. The third-order valence-corrected chi connectivity index (χ3v) is 3.96. The van der Waals surface area contributed by atoms with Gasteiger partial charge >= 0.3 is 0 Å². The highest BCUT2D eigenvalue weighted by Crippen LogP contribution is 2.12. The maximum atomic E-state index is 11.9. The number of ether oxygens (including phenoxy) is 1. The Labute approximate surface area is 145 Å². The third-order valence-electron chi connectivity index (χ3n) is 3.96. The number of likely N-dealkylation sites (N-methyl/N-ethyl adjacent to an activating group) is 1. The van der Waals surface area contributed by atoms with E-state index in [2.05, 4.69) is 15.5 Å². The van der Waals surface area contributed by atoms with Crippen molar-refractivity contribution in [2.45, 2.75) is 25.8 Å². The van der Waals surface area contributed by atoms with E-state index in [1.807, 2.05) is 38.2 Å². The Bertz CT molecular complexity index is 485. The topological polar surface area (TPSA) is 53.6 Å². The number of hydrogen-bond donors (Lipinski definition) is 2. The summed E-state index contributed by atoms with van der Waals surface area (Å²) in [6, 6.07) is 8.43. The molecule has 1 aromatic rings. The number of nitrogens with one attached hydrogen (secondary N) is 2. The highest BCUT2D eigenvalue weighted by atomic mass is 35.5. The second-order valence-corrected chi connectivity index (χ2v) is 5.88. The molecule has 1 aliphatic rings. The molecule has 0 spiro atoms. The molecule has 2 N–H and O–H groups in total. The van der Waals surface area contributed by atoms with E-state index in [1.165, 1.54) is 12.0 Å². The Morgan fingerprint density at radius 3 is 3.00 bits per heavy atom. The number of piperidine rings is 1. The quantitative estimate of drug-likeness (QED) is 0.740. The van der Waals surface area contributed by atoms with Crippen LogP contribution in [0, 0.1) is 6.92 Å². The van der Waals surface area contributed by atoms with Gasteiger partial charge in [-0.1, -0.05) is 12.1 Å². The van der Waals surface area contributed by atoms with E-state index in [0.717, 1.165) is 25.3 Å². The van der Waals surface area contributed by atoms with Crippen LogP contribution in [0.1, 0.15) is 18.4 Å². The van der Waals surface area contributed by atoms with E-state index in [4.69, 9.17) is 4.74 Å². The van der Waals surface area contributed by atoms with Crippen LogP contribution in [0.25, 0.3) is 0 Å². The molecule has 2 rings (SSSR count). The Morgan fingerprint density at radius 1 is 1.43 bits per heavy atom.